The van der Waals surface area contributed by atoms with Gasteiger partial charge in [-0.1, -0.05) is 18.2 Å². The molecule has 0 unspecified atom stereocenters. The SMILES string of the molecule is COC(=O)c1nn(Cc2ccccc2F)c(I)c1N. The molecule has 0 amide bonds. The van der Waals surface area contributed by atoms with E-state index in [-0.39, 0.29) is 23.7 Å². The lowest BCUT2D eigenvalue weighted by atomic mass is 10.2. The third-order valence-electron chi connectivity index (χ3n) is 2.58. The Balaban J connectivity index is 2.37. The maximum absolute atomic E-state index is 13.6. The van der Waals surface area contributed by atoms with E-state index in [1.54, 1.807) is 18.2 Å². The van der Waals surface area contributed by atoms with Crippen molar-refractivity contribution in [2.45, 2.75) is 6.54 Å². The molecular formula is C12H11FIN3O2. The highest BCUT2D eigenvalue weighted by atomic mass is 127. The molecule has 0 saturated carbocycles. The van der Waals surface area contributed by atoms with E-state index in [2.05, 4.69) is 9.84 Å². The summed E-state index contributed by atoms with van der Waals surface area (Å²) in [4.78, 5) is 11.5. The van der Waals surface area contributed by atoms with Crippen LogP contribution >= 0.6 is 22.6 Å². The summed E-state index contributed by atoms with van der Waals surface area (Å²) in [5, 5.41) is 4.06. The predicted molar refractivity (Wildman–Crippen MR) is 76.2 cm³/mol. The van der Waals surface area contributed by atoms with Crippen LogP contribution in [0.3, 0.4) is 0 Å². The molecule has 0 spiro atoms. The second-order valence-electron chi connectivity index (χ2n) is 3.79. The first-order valence-electron chi connectivity index (χ1n) is 5.38. The number of esters is 1. The summed E-state index contributed by atoms with van der Waals surface area (Å²) in [7, 11) is 1.25. The number of anilines is 1. The molecule has 100 valence electrons. The average Bonchev–Trinajstić information content (AvgIpc) is 2.69. The fourth-order valence-corrected chi connectivity index (χ4v) is 2.13. The Labute approximate surface area is 122 Å². The zero-order valence-electron chi connectivity index (χ0n) is 10.1. The molecular weight excluding hydrogens is 364 g/mol. The third-order valence-corrected chi connectivity index (χ3v) is 3.72. The van der Waals surface area contributed by atoms with Crippen LogP contribution in [0.4, 0.5) is 10.1 Å². The van der Waals surface area contributed by atoms with Gasteiger partial charge in [0.2, 0.25) is 0 Å². The van der Waals surface area contributed by atoms with E-state index in [0.29, 0.717) is 9.26 Å². The Bertz CT molecular complexity index is 627. The van der Waals surface area contributed by atoms with Crippen LogP contribution in [-0.4, -0.2) is 22.9 Å². The lowest BCUT2D eigenvalue weighted by Crippen LogP contribution is -2.08. The zero-order chi connectivity index (χ0) is 14.0. The number of nitrogen functional groups attached to an aromatic ring is 1. The van der Waals surface area contributed by atoms with Crippen LogP contribution in [0.5, 0.6) is 0 Å². The fraction of sp³-hybridized carbons (Fsp3) is 0.167. The highest BCUT2D eigenvalue weighted by Gasteiger charge is 2.20. The molecule has 0 bridgehead atoms. The number of carbonyl (C=O) groups excluding carboxylic acids is 1. The van der Waals surface area contributed by atoms with Gasteiger partial charge in [0.05, 0.1) is 19.3 Å². The van der Waals surface area contributed by atoms with E-state index < -0.39 is 5.97 Å². The molecule has 1 aromatic carbocycles. The van der Waals surface area contributed by atoms with E-state index in [4.69, 9.17) is 5.73 Å². The second-order valence-corrected chi connectivity index (χ2v) is 4.82. The first kappa shape index (κ1) is 13.8. The number of rotatable bonds is 3. The van der Waals surface area contributed by atoms with Crippen LogP contribution in [0.1, 0.15) is 16.1 Å². The smallest absolute Gasteiger partial charge is 0.360 e. The highest BCUT2D eigenvalue weighted by molar-refractivity contribution is 14.1. The second kappa shape index (κ2) is 5.55. The van der Waals surface area contributed by atoms with Crippen molar-refractivity contribution in [1.82, 2.24) is 9.78 Å². The lowest BCUT2D eigenvalue weighted by Gasteiger charge is -2.04. The molecule has 5 nitrogen and oxygen atoms in total. The van der Waals surface area contributed by atoms with Gasteiger partial charge in [0.15, 0.2) is 5.69 Å². The number of methoxy groups -OCH3 is 1. The van der Waals surface area contributed by atoms with Gasteiger partial charge in [-0.25, -0.2) is 9.18 Å². The monoisotopic (exact) mass is 375 g/mol. The summed E-state index contributed by atoms with van der Waals surface area (Å²) in [6.45, 7) is 0.201. The minimum atomic E-state index is -0.609. The quantitative estimate of drug-likeness (QED) is 0.659. The number of ether oxygens (including phenoxy) is 1. The van der Waals surface area contributed by atoms with Gasteiger partial charge in [0, 0.05) is 5.56 Å². The topological polar surface area (TPSA) is 70.1 Å². The van der Waals surface area contributed by atoms with Gasteiger partial charge in [-0.15, -0.1) is 0 Å². The number of benzene rings is 1. The number of hydrogen-bond donors (Lipinski definition) is 1. The molecule has 2 rings (SSSR count). The predicted octanol–water partition coefficient (Wildman–Crippen LogP) is 2.04. The van der Waals surface area contributed by atoms with Gasteiger partial charge in [-0.3, -0.25) is 4.68 Å². The molecule has 0 radical (unpaired) electrons. The van der Waals surface area contributed by atoms with E-state index in [0.717, 1.165) is 0 Å². The Morgan fingerprint density at radius 2 is 2.21 bits per heavy atom. The van der Waals surface area contributed by atoms with Gasteiger partial charge >= 0.3 is 5.97 Å². The van der Waals surface area contributed by atoms with E-state index in [9.17, 15) is 9.18 Å². The summed E-state index contributed by atoms with van der Waals surface area (Å²) in [5.41, 5.74) is 6.54. The van der Waals surface area contributed by atoms with E-state index >= 15 is 0 Å². The molecule has 1 aromatic heterocycles. The van der Waals surface area contributed by atoms with Crippen molar-refractivity contribution in [1.29, 1.82) is 0 Å². The van der Waals surface area contributed by atoms with E-state index in [1.165, 1.54) is 17.9 Å². The Morgan fingerprint density at radius 1 is 1.53 bits per heavy atom. The van der Waals surface area contributed by atoms with Crippen molar-refractivity contribution in [2.24, 2.45) is 0 Å². The van der Waals surface area contributed by atoms with Crippen molar-refractivity contribution in [3.05, 3.63) is 45.0 Å². The zero-order valence-corrected chi connectivity index (χ0v) is 12.2. The standard InChI is InChI=1S/C12H11FIN3O2/c1-19-12(18)10-9(15)11(14)17(16-10)6-7-4-2-3-5-8(7)13/h2-5H,6,15H2,1H3. The number of nitrogens with two attached hydrogens (primary N) is 1. The minimum Gasteiger partial charge on any atom is -0.464 e. The summed E-state index contributed by atoms with van der Waals surface area (Å²) < 4.78 is 20.2. The minimum absolute atomic E-state index is 0.0447. The third kappa shape index (κ3) is 2.70. The molecule has 0 aliphatic carbocycles. The Hall–Kier alpha value is -1.64. The van der Waals surface area contributed by atoms with Gasteiger partial charge in [0.25, 0.3) is 0 Å². The first-order chi connectivity index (χ1) is 9.04. The number of nitrogens with zero attached hydrogens (tertiary/aromatic N) is 2. The van der Waals surface area contributed by atoms with Crippen LogP contribution in [0, 0.1) is 9.52 Å². The normalized spacial score (nSPS) is 10.5. The largest absolute Gasteiger partial charge is 0.464 e. The molecule has 2 N–H and O–H groups in total. The maximum atomic E-state index is 13.6. The molecule has 0 aliphatic heterocycles. The van der Waals surface area contributed by atoms with Crippen molar-refractivity contribution < 1.29 is 13.9 Å². The summed E-state index contributed by atoms with van der Waals surface area (Å²) in [5.74, 6) is -0.935. The van der Waals surface area contributed by atoms with Crippen molar-refractivity contribution >= 4 is 34.2 Å². The number of aromatic nitrogens is 2. The van der Waals surface area contributed by atoms with Crippen LogP contribution < -0.4 is 5.73 Å². The van der Waals surface area contributed by atoms with Gasteiger partial charge in [0.1, 0.15) is 9.52 Å². The van der Waals surface area contributed by atoms with Crippen LogP contribution in [0.25, 0.3) is 0 Å². The molecule has 1 heterocycles. The Kier molecular flexibility index (Phi) is 4.03. The molecule has 2 aromatic rings. The van der Waals surface area contributed by atoms with Gasteiger partial charge < -0.3 is 10.5 Å². The van der Waals surface area contributed by atoms with Crippen molar-refractivity contribution in [2.75, 3.05) is 12.8 Å². The maximum Gasteiger partial charge on any atom is 0.360 e. The summed E-state index contributed by atoms with van der Waals surface area (Å²) >= 11 is 1.96. The number of hydrogen-bond acceptors (Lipinski definition) is 4. The molecule has 19 heavy (non-hydrogen) atoms. The molecule has 0 saturated heterocycles. The first-order valence-corrected chi connectivity index (χ1v) is 6.46. The van der Waals surface area contributed by atoms with Crippen LogP contribution in [0.2, 0.25) is 0 Å². The van der Waals surface area contributed by atoms with Crippen LogP contribution in [0.15, 0.2) is 24.3 Å². The Morgan fingerprint density at radius 3 is 2.84 bits per heavy atom. The molecule has 0 atom stereocenters. The summed E-state index contributed by atoms with van der Waals surface area (Å²) in [6, 6.07) is 6.37. The van der Waals surface area contributed by atoms with Gasteiger partial charge in [-0.2, -0.15) is 5.10 Å². The lowest BCUT2D eigenvalue weighted by molar-refractivity contribution is 0.0594. The summed E-state index contributed by atoms with van der Waals surface area (Å²) in [6.07, 6.45) is 0. The number of carbonyl (C=O) groups is 1. The highest BCUT2D eigenvalue weighted by Crippen LogP contribution is 2.21. The number of halogens is 2. The average molecular weight is 375 g/mol. The fourth-order valence-electron chi connectivity index (χ4n) is 1.60. The molecule has 0 aliphatic rings. The van der Waals surface area contributed by atoms with Crippen LogP contribution in [-0.2, 0) is 11.3 Å². The van der Waals surface area contributed by atoms with Gasteiger partial charge in [-0.05, 0) is 28.7 Å². The molecule has 0 fully saturated rings. The van der Waals surface area contributed by atoms with Crippen molar-refractivity contribution in [3.8, 4) is 0 Å². The molecule has 7 heteroatoms. The van der Waals surface area contributed by atoms with Crippen molar-refractivity contribution in [3.63, 3.8) is 0 Å². The van der Waals surface area contributed by atoms with E-state index in [1.807, 2.05) is 22.6 Å².